The minimum Gasteiger partial charge on any atom is -0.313 e. The minimum atomic E-state index is -3.23. The monoisotopic (exact) mass is 250 g/mol. The van der Waals surface area contributed by atoms with E-state index in [2.05, 4.69) is 5.32 Å². The smallest absolute Gasteiger partial charge is 0.179 e. The van der Waals surface area contributed by atoms with Gasteiger partial charge in [-0.25, -0.2) is 8.42 Å². The number of hydrogen-bond donors (Lipinski definition) is 1. The van der Waals surface area contributed by atoms with Crippen LogP contribution in [0.3, 0.4) is 0 Å². The van der Waals surface area contributed by atoms with Crippen molar-refractivity contribution in [3.8, 4) is 6.07 Å². The Labute approximate surface area is 101 Å². The maximum absolute atomic E-state index is 11.9. The number of hydrogen-bond acceptors (Lipinski definition) is 4. The summed E-state index contributed by atoms with van der Waals surface area (Å²) in [6, 6.07) is 8.52. The molecule has 0 saturated heterocycles. The predicted molar refractivity (Wildman–Crippen MR) is 64.2 cm³/mol. The molecule has 1 aliphatic carbocycles. The molecule has 1 aliphatic rings. The van der Waals surface area contributed by atoms with Gasteiger partial charge in [0.1, 0.15) is 0 Å². The summed E-state index contributed by atoms with van der Waals surface area (Å²) < 4.78 is 23.8. The fourth-order valence-corrected chi connectivity index (χ4v) is 2.71. The van der Waals surface area contributed by atoms with Crippen LogP contribution in [-0.2, 0) is 9.84 Å². The average Bonchev–Trinajstić information content (AvgIpc) is 3.13. The molecule has 0 unspecified atom stereocenters. The van der Waals surface area contributed by atoms with Gasteiger partial charge in [0.05, 0.1) is 22.3 Å². The lowest BCUT2D eigenvalue weighted by molar-refractivity contribution is 0.590. The summed E-state index contributed by atoms with van der Waals surface area (Å²) in [6.07, 6.45) is 2.30. The Morgan fingerprint density at radius 3 is 2.47 bits per heavy atom. The zero-order valence-corrected chi connectivity index (χ0v) is 10.2. The van der Waals surface area contributed by atoms with Gasteiger partial charge < -0.3 is 5.32 Å². The molecule has 4 nitrogen and oxygen atoms in total. The van der Waals surface area contributed by atoms with Gasteiger partial charge in [-0.3, -0.25) is 0 Å². The molecule has 1 N–H and O–H groups in total. The molecule has 0 bridgehead atoms. The molecule has 2 rings (SSSR count). The van der Waals surface area contributed by atoms with Gasteiger partial charge in [-0.2, -0.15) is 5.26 Å². The number of sulfone groups is 1. The maximum atomic E-state index is 11.9. The Kier molecular flexibility index (Phi) is 3.46. The van der Waals surface area contributed by atoms with Crippen LogP contribution in [0.2, 0.25) is 0 Å². The van der Waals surface area contributed by atoms with Crippen LogP contribution in [0, 0.1) is 11.3 Å². The second kappa shape index (κ2) is 4.86. The molecule has 90 valence electrons. The molecule has 5 heteroatoms. The maximum Gasteiger partial charge on any atom is 0.179 e. The average molecular weight is 250 g/mol. The third kappa shape index (κ3) is 3.29. The largest absolute Gasteiger partial charge is 0.313 e. The molecular formula is C12H14N2O2S. The summed E-state index contributed by atoms with van der Waals surface area (Å²) in [4.78, 5) is 0.286. The molecule has 1 aromatic carbocycles. The van der Waals surface area contributed by atoms with Crippen molar-refractivity contribution >= 4 is 9.84 Å². The lowest BCUT2D eigenvalue weighted by atomic mass is 10.2. The first-order valence-corrected chi connectivity index (χ1v) is 7.23. The second-order valence-corrected chi connectivity index (χ2v) is 6.29. The number of rotatable bonds is 5. The van der Waals surface area contributed by atoms with Crippen molar-refractivity contribution in [1.29, 1.82) is 5.26 Å². The number of nitrogens with one attached hydrogen (secondary N) is 1. The van der Waals surface area contributed by atoms with E-state index in [0.29, 0.717) is 18.2 Å². The van der Waals surface area contributed by atoms with Gasteiger partial charge in [0.15, 0.2) is 9.84 Å². The Morgan fingerprint density at radius 1 is 1.29 bits per heavy atom. The molecule has 1 aromatic rings. The summed E-state index contributed by atoms with van der Waals surface area (Å²) in [5.41, 5.74) is 0.472. The topological polar surface area (TPSA) is 70.0 Å². The van der Waals surface area contributed by atoms with Crippen LogP contribution in [0.25, 0.3) is 0 Å². The molecule has 0 atom stereocenters. The third-order valence-corrected chi connectivity index (χ3v) is 4.46. The molecule has 0 spiro atoms. The molecule has 0 aromatic heterocycles. The lowest BCUT2D eigenvalue weighted by Gasteiger charge is -2.05. The fraction of sp³-hybridized carbons (Fsp3) is 0.417. The summed E-state index contributed by atoms with van der Waals surface area (Å²) in [5, 5.41) is 11.8. The van der Waals surface area contributed by atoms with Gasteiger partial charge >= 0.3 is 0 Å². The van der Waals surface area contributed by atoms with Gasteiger partial charge in [0, 0.05) is 12.6 Å². The Hall–Kier alpha value is -1.38. The molecule has 0 heterocycles. The van der Waals surface area contributed by atoms with E-state index >= 15 is 0 Å². The van der Waals surface area contributed by atoms with E-state index in [4.69, 9.17) is 5.26 Å². The summed E-state index contributed by atoms with van der Waals surface area (Å²) >= 11 is 0. The highest BCUT2D eigenvalue weighted by molar-refractivity contribution is 7.91. The van der Waals surface area contributed by atoms with Crippen molar-refractivity contribution in [2.45, 2.75) is 23.8 Å². The van der Waals surface area contributed by atoms with Crippen LogP contribution < -0.4 is 5.32 Å². The van der Waals surface area contributed by atoms with E-state index in [1.807, 2.05) is 6.07 Å². The van der Waals surface area contributed by atoms with E-state index in [0.717, 1.165) is 12.8 Å². The Bertz CT molecular complexity index is 525. The van der Waals surface area contributed by atoms with E-state index < -0.39 is 9.84 Å². The van der Waals surface area contributed by atoms with Gasteiger partial charge in [-0.05, 0) is 37.1 Å². The molecular weight excluding hydrogens is 236 g/mol. The summed E-state index contributed by atoms with van der Waals surface area (Å²) in [7, 11) is -3.23. The first kappa shape index (κ1) is 12.1. The van der Waals surface area contributed by atoms with Crippen molar-refractivity contribution in [3.05, 3.63) is 29.8 Å². The lowest BCUT2D eigenvalue weighted by Crippen LogP contribution is -2.24. The molecule has 0 radical (unpaired) electrons. The molecule has 0 amide bonds. The second-order valence-electron chi connectivity index (χ2n) is 4.18. The first-order valence-electron chi connectivity index (χ1n) is 5.58. The normalized spacial score (nSPS) is 15.5. The quantitative estimate of drug-likeness (QED) is 0.849. The van der Waals surface area contributed by atoms with E-state index in [9.17, 15) is 8.42 Å². The van der Waals surface area contributed by atoms with Gasteiger partial charge in [0.25, 0.3) is 0 Å². The van der Waals surface area contributed by atoms with Crippen molar-refractivity contribution in [2.24, 2.45) is 0 Å². The predicted octanol–water partition coefficient (Wildman–Crippen LogP) is 1.08. The molecule has 1 saturated carbocycles. The zero-order valence-electron chi connectivity index (χ0n) is 9.39. The molecule has 0 aliphatic heterocycles. The van der Waals surface area contributed by atoms with E-state index in [1.54, 1.807) is 0 Å². The highest BCUT2D eigenvalue weighted by Gasteiger charge is 2.21. The van der Waals surface area contributed by atoms with Crippen molar-refractivity contribution < 1.29 is 8.42 Å². The van der Waals surface area contributed by atoms with Gasteiger partial charge in [-0.15, -0.1) is 0 Å². The van der Waals surface area contributed by atoms with Gasteiger partial charge in [0.2, 0.25) is 0 Å². The van der Waals surface area contributed by atoms with Crippen LogP contribution in [0.1, 0.15) is 18.4 Å². The summed E-state index contributed by atoms with van der Waals surface area (Å²) in [5.74, 6) is 0.107. The van der Waals surface area contributed by atoms with Crippen LogP contribution in [0.5, 0.6) is 0 Å². The van der Waals surface area contributed by atoms with Crippen molar-refractivity contribution in [1.82, 2.24) is 5.32 Å². The van der Waals surface area contributed by atoms with Crippen molar-refractivity contribution in [2.75, 3.05) is 12.3 Å². The van der Waals surface area contributed by atoms with Crippen LogP contribution in [-0.4, -0.2) is 26.8 Å². The number of benzene rings is 1. The standard InChI is InChI=1S/C12H14N2O2S/c13-9-10-1-5-12(6-2-10)17(15,16)8-7-14-11-3-4-11/h1-2,5-6,11,14H,3-4,7-8H2. The van der Waals surface area contributed by atoms with E-state index in [1.165, 1.54) is 24.3 Å². The molecule has 1 fully saturated rings. The van der Waals surface area contributed by atoms with Crippen LogP contribution in [0.15, 0.2) is 29.2 Å². The zero-order chi connectivity index (χ0) is 12.3. The van der Waals surface area contributed by atoms with Crippen LogP contribution >= 0.6 is 0 Å². The van der Waals surface area contributed by atoms with Crippen LogP contribution in [0.4, 0.5) is 0 Å². The van der Waals surface area contributed by atoms with Gasteiger partial charge in [-0.1, -0.05) is 0 Å². The highest BCUT2D eigenvalue weighted by Crippen LogP contribution is 2.18. The van der Waals surface area contributed by atoms with Crippen molar-refractivity contribution in [3.63, 3.8) is 0 Å². The minimum absolute atomic E-state index is 0.107. The number of nitrogens with zero attached hydrogens (tertiary/aromatic N) is 1. The number of nitriles is 1. The first-order chi connectivity index (χ1) is 8.12. The highest BCUT2D eigenvalue weighted by atomic mass is 32.2. The third-order valence-electron chi connectivity index (χ3n) is 2.72. The Morgan fingerprint density at radius 2 is 1.94 bits per heavy atom. The Balaban J connectivity index is 1.99. The van der Waals surface area contributed by atoms with E-state index in [-0.39, 0.29) is 10.6 Å². The SMILES string of the molecule is N#Cc1ccc(S(=O)(=O)CCNC2CC2)cc1. The molecule has 17 heavy (non-hydrogen) atoms. The summed E-state index contributed by atoms with van der Waals surface area (Å²) in [6.45, 7) is 0.493. The fourth-order valence-electron chi connectivity index (χ4n) is 1.54.